The lowest BCUT2D eigenvalue weighted by molar-refractivity contribution is 0.0978. The molecule has 0 aliphatic heterocycles. The summed E-state index contributed by atoms with van der Waals surface area (Å²) in [7, 11) is 0. The summed E-state index contributed by atoms with van der Waals surface area (Å²) in [5.74, 6) is 0.957. The number of rotatable bonds is 8. The normalized spacial score (nSPS) is 12.1. The van der Waals surface area contributed by atoms with Crippen molar-refractivity contribution in [3.8, 4) is 0 Å². The van der Waals surface area contributed by atoms with Crippen LogP contribution in [0.15, 0.2) is 43.0 Å². The van der Waals surface area contributed by atoms with Gasteiger partial charge in [0.1, 0.15) is 0 Å². The Labute approximate surface area is 105 Å². The Bertz CT molecular complexity index is 340. The number of carbonyl (C=O) groups excluding carboxylic acids is 1. The van der Waals surface area contributed by atoms with Gasteiger partial charge in [-0.25, -0.2) is 0 Å². The first-order valence-electron chi connectivity index (χ1n) is 6.43. The molecule has 92 valence electrons. The van der Waals surface area contributed by atoms with Crippen LogP contribution in [0.25, 0.3) is 0 Å². The van der Waals surface area contributed by atoms with Crippen molar-refractivity contribution in [3.63, 3.8) is 0 Å². The molecule has 0 aromatic heterocycles. The van der Waals surface area contributed by atoms with Gasteiger partial charge < -0.3 is 0 Å². The summed E-state index contributed by atoms with van der Waals surface area (Å²) in [6, 6.07) is 9.56. The first-order valence-corrected chi connectivity index (χ1v) is 6.43. The molecule has 1 heteroatoms. The van der Waals surface area contributed by atoms with E-state index in [2.05, 4.69) is 13.5 Å². The van der Waals surface area contributed by atoms with Crippen LogP contribution in [0.2, 0.25) is 0 Å². The zero-order valence-corrected chi connectivity index (χ0v) is 10.7. The maximum absolute atomic E-state index is 11.8. The summed E-state index contributed by atoms with van der Waals surface area (Å²) in [6.07, 6.45) is 7.02. The van der Waals surface area contributed by atoms with E-state index in [1.807, 2.05) is 36.4 Å². The molecule has 0 saturated heterocycles. The van der Waals surface area contributed by atoms with E-state index in [1.54, 1.807) is 0 Å². The van der Waals surface area contributed by atoms with E-state index in [0.717, 1.165) is 24.8 Å². The van der Waals surface area contributed by atoms with Gasteiger partial charge in [-0.3, -0.25) is 4.79 Å². The molecule has 0 aliphatic carbocycles. The maximum Gasteiger partial charge on any atom is 0.162 e. The van der Waals surface area contributed by atoms with Crippen LogP contribution in [0.1, 0.15) is 49.4 Å². The van der Waals surface area contributed by atoms with Gasteiger partial charge in [0, 0.05) is 12.0 Å². The Morgan fingerprint density at radius 3 is 2.65 bits per heavy atom. The van der Waals surface area contributed by atoms with Crippen molar-refractivity contribution in [1.82, 2.24) is 0 Å². The highest BCUT2D eigenvalue weighted by atomic mass is 16.1. The summed E-state index contributed by atoms with van der Waals surface area (Å²) >= 11 is 0. The maximum atomic E-state index is 11.8. The number of benzene rings is 1. The molecular formula is C16H22O. The van der Waals surface area contributed by atoms with Crippen molar-refractivity contribution in [2.75, 3.05) is 0 Å². The Balaban J connectivity index is 2.23. The Morgan fingerprint density at radius 2 is 2.00 bits per heavy atom. The van der Waals surface area contributed by atoms with Crippen molar-refractivity contribution in [2.45, 2.75) is 39.0 Å². The number of allylic oxidation sites excluding steroid dienone is 1. The molecule has 1 rings (SSSR count). The fraction of sp³-hybridized carbons (Fsp3) is 0.438. The van der Waals surface area contributed by atoms with Crippen LogP contribution in [0, 0.1) is 5.92 Å². The summed E-state index contributed by atoms with van der Waals surface area (Å²) in [5.41, 5.74) is 0.839. The van der Waals surface area contributed by atoms with Gasteiger partial charge >= 0.3 is 0 Å². The molecule has 0 radical (unpaired) electrons. The molecule has 0 N–H and O–H groups in total. The van der Waals surface area contributed by atoms with E-state index < -0.39 is 0 Å². The number of ketones is 1. The molecule has 0 spiro atoms. The van der Waals surface area contributed by atoms with Crippen molar-refractivity contribution in [3.05, 3.63) is 48.6 Å². The molecule has 0 saturated carbocycles. The molecule has 0 amide bonds. The Hall–Kier alpha value is -1.37. The van der Waals surface area contributed by atoms with Gasteiger partial charge in [-0.15, -0.1) is 6.58 Å². The zero-order valence-electron chi connectivity index (χ0n) is 10.7. The molecular weight excluding hydrogens is 208 g/mol. The molecule has 17 heavy (non-hydrogen) atoms. The van der Waals surface area contributed by atoms with Crippen LogP contribution >= 0.6 is 0 Å². The lowest BCUT2D eigenvalue weighted by Gasteiger charge is -2.09. The number of hydrogen-bond acceptors (Lipinski definition) is 1. The van der Waals surface area contributed by atoms with E-state index in [4.69, 9.17) is 0 Å². The first-order chi connectivity index (χ1) is 8.24. The average Bonchev–Trinajstić information content (AvgIpc) is 2.37. The summed E-state index contributed by atoms with van der Waals surface area (Å²) < 4.78 is 0. The largest absolute Gasteiger partial charge is 0.294 e. The second kappa shape index (κ2) is 7.83. The number of hydrogen-bond donors (Lipinski definition) is 0. The Morgan fingerprint density at radius 1 is 1.29 bits per heavy atom. The van der Waals surface area contributed by atoms with Crippen LogP contribution < -0.4 is 0 Å². The lowest BCUT2D eigenvalue weighted by atomic mass is 9.97. The topological polar surface area (TPSA) is 17.1 Å². The Kier molecular flexibility index (Phi) is 6.31. The van der Waals surface area contributed by atoms with Crippen LogP contribution in [-0.4, -0.2) is 5.78 Å². The molecule has 1 nitrogen and oxygen atoms in total. The fourth-order valence-electron chi connectivity index (χ4n) is 1.93. The first kappa shape index (κ1) is 13.7. The summed E-state index contributed by atoms with van der Waals surface area (Å²) in [4.78, 5) is 11.8. The highest BCUT2D eigenvalue weighted by Crippen LogP contribution is 2.15. The monoisotopic (exact) mass is 230 g/mol. The van der Waals surface area contributed by atoms with Gasteiger partial charge in [0.05, 0.1) is 0 Å². The van der Waals surface area contributed by atoms with Crippen LogP contribution in [0.4, 0.5) is 0 Å². The van der Waals surface area contributed by atoms with Crippen LogP contribution in [-0.2, 0) is 0 Å². The zero-order chi connectivity index (χ0) is 12.5. The predicted octanol–water partition coefficient (Wildman–Crippen LogP) is 4.64. The van der Waals surface area contributed by atoms with Gasteiger partial charge in [-0.05, 0) is 25.2 Å². The molecule has 0 heterocycles. The van der Waals surface area contributed by atoms with E-state index >= 15 is 0 Å². The van der Waals surface area contributed by atoms with E-state index in [1.165, 1.54) is 6.42 Å². The van der Waals surface area contributed by atoms with Crippen LogP contribution in [0.5, 0.6) is 0 Å². The van der Waals surface area contributed by atoms with Gasteiger partial charge in [-0.1, -0.05) is 49.8 Å². The van der Waals surface area contributed by atoms with Crippen molar-refractivity contribution < 1.29 is 4.79 Å². The van der Waals surface area contributed by atoms with Crippen molar-refractivity contribution in [1.29, 1.82) is 0 Å². The number of Topliss-reactive ketones (excluding diaryl/α,β-unsaturated/α-hetero) is 1. The van der Waals surface area contributed by atoms with Gasteiger partial charge in [0.15, 0.2) is 5.78 Å². The second-order valence-electron chi connectivity index (χ2n) is 4.65. The minimum Gasteiger partial charge on any atom is -0.294 e. The second-order valence-corrected chi connectivity index (χ2v) is 4.65. The predicted molar refractivity (Wildman–Crippen MR) is 73.2 cm³/mol. The lowest BCUT2D eigenvalue weighted by Crippen LogP contribution is -2.01. The summed E-state index contributed by atoms with van der Waals surface area (Å²) in [6.45, 7) is 5.97. The van der Waals surface area contributed by atoms with Gasteiger partial charge in [0.25, 0.3) is 0 Å². The molecule has 0 aliphatic rings. The molecule has 1 unspecified atom stereocenters. The van der Waals surface area contributed by atoms with Crippen molar-refractivity contribution >= 4 is 5.78 Å². The molecule has 1 atom stereocenters. The van der Waals surface area contributed by atoms with Gasteiger partial charge in [0.2, 0.25) is 0 Å². The molecule has 0 fully saturated rings. The fourth-order valence-corrected chi connectivity index (χ4v) is 1.93. The molecule has 1 aromatic rings. The highest BCUT2D eigenvalue weighted by Gasteiger charge is 2.06. The quantitative estimate of drug-likeness (QED) is 0.469. The average molecular weight is 230 g/mol. The molecule has 0 bridgehead atoms. The minimum absolute atomic E-state index is 0.265. The third kappa shape index (κ3) is 5.48. The molecule has 1 aromatic carbocycles. The van der Waals surface area contributed by atoms with Gasteiger partial charge in [-0.2, -0.15) is 0 Å². The van der Waals surface area contributed by atoms with E-state index in [9.17, 15) is 4.79 Å². The smallest absolute Gasteiger partial charge is 0.162 e. The third-order valence-corrected chi connectivity index (χ3v) is 3.06. The third-order valence-electron chi connectivity index (χ3n) is 3.06. The van der Waals surface area contributed by atoms with Crippen LogP contribution in [0.3, 0.4) is 0 Å². The summed E-state index contributed by atoms with van der Waals surface area (Å²) in [5, 5.41) is 0. The SMILES string of the molecule is C=CCCC(C)CCCC(=O)c1ccccc1. The standard InChI is InChI=1S/C16H22O/c1-3-4-9-14(2)10-8-13-16(17)15-11-6-5-7-12-15/h3,5-7,11-12,14H,1,4,8-10,13H2,2H3. The van der Waals surface area contributed by atoms with E-state index in [-0.39, 0.29) is 5.78 Å². The van der Waals surface area contributed by atoms with Crippen molar-refractivity contribution in [2.24, 2.45) is 5.92 Å². The minimum atomic E-state index is 0.265. The highest BCUT2D eigenvalue weighted by molar-refractivity contribution is 5.95. The van der Waals surface area contributed by atoms with E-state index in [0.29, 0.717) is 12.3 Å². The number of carbonyl (C=O) groups is 1.